The van der Waals surface area contributed by atoms with Crippen LogP contribution in [-0.2, 0) is 11.2 Å². The second-order valence-corrected chi connectivity index (χ2v) is 6.55. The predicted molar refractivity (Wildman–Crippen MR) is 91.1 cm³/mol. The summed E-state index contributed by atoms with van der Waals surface area (Å²) in [4.78, 5) is 11.8. The number of thiophene rings is 1. The molecule has 1 amide bonds. The van der Waals surface area contributed by atoms with Gasteiger partial charge in [0, 0.05) is 13.0 Å². The van der Waals surface area contributed by atoms with E-state index in [9.17, 15) is 9.90 Å². The van der Waals surface area contributed by atoms with Crippen LogP contribution in [0.2, 0.25) is 0 Å². The van der Waals surface area contributed by atoms with Gasteiger partial charge in [-0.05, 0) is 45.9 Å². The number of aliphatic hydroxyl groups excluding tert-OH is 1. The average molecular weight is 317 g/mol. The van der Waals surface area contributed by atoms with E-state index >= 15 is 0 Å². The molecule has 0 aliphatic heterocycles. The van der Waals surface area contributed by atoms with E-state index in [2.05, 4.69) is 43.4 Å². The highest BCUT2D eigenvalue weighted by molar-refractivity contribution is 7.07. The molecule has 1 aromatic heterocycles. The number of hydrogen-bond acceptors (Lipinski definition) is 3. The fraction of sp³-hybridized carbons (Fsp3) is 0.389. The van der Waals surface area contributed by atoms with Gasteiger partial charge in [-0.25, -0.2) is 0 Å². The minimum atomic E-state index is -0.625. The third kappa shape index (κ3) is 4.97. The van der Waals surface area contributed by atoms with E-state index < -0.39 is 6.10 Å². The first kappa shape index (κ1) is 16.7. The molecular formula is C18H23NO2S. The van der Waals surface area contributed by atoms with Crippen LogP contribution in [0, 0.1) is 0 Å². The lowest BCUT2D eigenvalue weighted by molar-refractivity contribution is -0.121. The summed E-state index contributed by atoms with van der Waals surface area (Å²) < 4.78 is 0. The molecule has 2 N–H and O–H groups in total. The van der Waals surface area contributed by atoms with Crippen LogP contribution >= 0.6 is 11.3 Å². The predicted octanol–water partition coefficient (Wildman–Crippen LogP) is 3.65. The highest BCUT2D eigenvalue weighted by atomic mass is 32.1. The highest BCUT2D eigenvalue weighted by Gasteiger charge is 2.10. The summed E-state index contributed by atoms with van der Waals surface area (Å²) in [6.07, 6.45) is 0.538. The van der Waals surface area contributed by atoms with E-state index in [1.807, 2.05) is 16.8 Å². The Kier molecular flexibility index (Phi) is 6.16. The Labute approximate surface area is 136 Å². The normalized spacial score (nSPS) is 12.4. The number of aryl methyl sites for hydroxylation is 1. The molecule has 1 aromatic carbocycles. The van der Waals surface area contributed by atoms with Crippen LogP contribution in [0.4, 0.5) is 0 Å². The molecule has 0 bridgehead atoms. The van der Waals surface area contributed by atoms with Gasteiger partial charge < -0.3 is 10.4 Å². The van der Waals surface area contributed by atoms with Gasteiger partial charge in [0.25, 0.3) is 0 Å². The van der Waals surface area contributed by atoms with E-state index in [1.54, 1.807) is 11.3 Å². The second kappa shape index (κ2) is 8.11. The van der Waals surface area contributed by atoms with E-state index in [0.717, 1.165) is 17.5 Å². The highest BCUT2D eigenvalue weighted by Crippen LogP contribution is 2.16. The first-order valence-corrected chi connectivity index (χ1v) is 8.56. The number of carbonyl (C=O) groups is 1. The molecule has 0 saturated carbocycles. The summed E-state index contributed by atoms with van der Waals surface area (Å²) in [6.45, 7) is 4.60. The number of benzene rings is 1. The maximum atomic E-state index is 11.8. The topological polar surface area (TPSA) is 49.3 Å². The molecule has 0 saturated heterocycles. The minimum Gasteiger partial charge on any atom is -0.387 e. The first-order chi connectivity index (χ1) is 10.6. The van der Waals surface area contributed by atoms with Gasteiger partial charge in [0.1, 0.15) is 0 Å². The van der Waals surface area contributed by atoms with Gasteiger partial charge in [-0.2, -0.15) is 11.3 Å². The Hall–Kier alpha value is -1.65. The SMILES string of the molecule is CC(C)c1ccc(CCC(=O)NCC(O)c2ccsc2)cc1. The first-order valence-electron chi connectivity index (χ1n) is 7.62. The van der Waals surface area contributed by atoms with Crippen molar-refractivity contribution < 1.29 is 9.90 Å². The number of hydrogen-bond donors (Lipinski definition) is 2. The molecular weight excluding hydrogens is 294 g/mol. The van der Waals surface area contributed by atoms with Crippen molar-refractivity contribution in [1.82, 2.24) is 5.32 Å². The lowest BCUT2D eigenvalue weighted by Crippen LogP contribution is -2.28. The van der Waals surface area contributed by atoms with Crippen LogP contribution in [0.3, 0.4) is 0 Å². The molecule has 1 unspecified atom stereocenters. The number of nitrogens with one attached hydrogen (secondary N) is 1. The lowest BCUT2D eigenvalue weighted by atomic mass is 10.0. The molecule has 0 aliphatic carbocycles. The zero-order chi connectivity index (χ0) is 15.9. The quantitative estimate of drug-likeness (QED) is 0.819. The van der Waals surface area contributed by atoms with Crippen LogP contribution in [-0.4, -0.2) is 17.6 Å². The summed E-state index contributed by atoms with van der Waals surface area (Å²) in [6, 6.07) is 10.3. The molecule has 1 atom stereocenters. The maximum absolute atomic E-state index is 11.8. The summed E-state index contributed by atoms with van der Waals surface area (Å²) in [7, 11) is 0. The molecule has 0 fully saturated rings. The Morgan fingerprint density at radius 3 is 2.50 bits per heavy atom. The van der Waals surface area contributed by atoms with Gasteiger partial charge in [0.05, 0.1) is 6.10 Å². The average Bonchev–Trinajstić information content (AvgIpc) is 3.05. The van der Waals surface area contributed by atoms with Crippen LogP contribution in [0.1, 0.15) is 49.0 Å². The van der Waals surface area contributed by atoms with Crippen LogP contribution < -0.4 is 5.32 Å². The van der Waals surface area contributed by atoms with Crippen molar-refractivity contribution in [3.05, 3.63) is 57.8 Å². The van der Waals surface area contributed by atoms with E-state index in [0.29, 0.717) is 12.3 Å². The van der Waals surface area contributed by atoms with Crippen molar-refractivity contribution in [3.63, 3.8) is 0 Å². The molecule has 4 heteroatoms. The number of carbonyl (C=O) groups excluding carboxylic acids is 1. The molecule has 2 aromatic rings. The van der Waals surface area contributed by atoms with Gasteiger partial charge in [0.15, 0.2) is 0 Å². The van der Waals surface area contributed by atoms with Crippen LogP contribution in [0.25, 0.3) is 0 Å². The van der Waals surface area contributed by atoms with Crippen LogP contribution in [0.15, 0.2) is 41.1 Å². The molecule has 118 valence electrons. The number of aliphatic hydroxyl groups is 1. The summed E-state index contributed by atoms with van der Waals surface area (Å²) in [5.41, 5.74) is 3.33. The molecule has 22 heavy (non-hydrogen) atoms. The monoisotopic (exact) mass is 317 g/mol. The number of rotatable bonds is 7. The van der Waals surface area contributed by atoms with Crippen molar-refractivity contribution in [2.24, 2.45) is 0 Å². The molecule has 0 radical (unpaired) electrons. The van der Waals surface area contributed by atoms with Gasteiger partial charge >= 0.3 is 0 Å². The summed E-state index contributed by atoms with van der Waals surface area (Å²) in [5.74, 6) is 0.498. The summed E-state index contributed by atoms with van der Waals surface area (Å²) in [5, 5.41) is 16.5. The van der Waals surface area contributed by atoms with Crippen molar-refractivity contribution in [1.29, 1.82) is 0 Å². The Bertz CT molecular complexity index is 576. The molecule has 2 rings (SSSR count). The van der Waals surface area contributed by atoms with Gasteiger partial charge in [-0.3, -0.25) is 4.79 Å². The smallest absolute Gasteiger partial charge is 0.220 e. The fourth-order valence-corrected chi connectivity index (χ4v) is 2.92. The van der Waals surface area contributed by atoms with Crippen LogP contribution in [0.5, 0.6) is 0 Å². The zero-order valence-electron chi connectivity index (χ0n) is 13.1. The van der Waals surface area contributed by atoms with E-state index in [-0.39, 0.29) is 12.5 Å². The van der Waals surface area contributed by atoms with Gasteiger partial charge in [-0.15, -0.1) is 0 Å². The molecule has 0 spiro atoms. The fourth-order valence-electron chi connectivity index (χ4n) is 2.21. The second-order valence-electron chi connectivity index (χ2n) is 5.77. The zero-order valence-corrected chi connectivity index (χ0v) is 13.9. The van der Waals surface area contributed by atoms with E-state index in [1.165, 1.54) is 5.56 Å². The van der Waals surface area contributed by atoms with Crippen molar-refractivity contribution in [2.45, 2.75) is 38.7 Å². The Balaban J connectivity index is 1.73. The molecule has 3 nitrogen and oxygen atoms in total. The maximum Gasteiger partial charge on any atom is 0.220 e. The van der Waals surface area contributed by atoms with Crippen molar-refractivity contribution >= 4 is 17.2 Å². The van der Waals surface area contributed by atoms with Gasteiger partial charge in [0.2, 0.25) is 5.91 Å². The summed E-state index contributed by atoms with van der Waals surface area (Å²) >= 11 is 1.54. The van der Waals surface area contributed by atoms with Crippen molar-refractivity contribution in [3.8, 4) is 0 Å². The van der Waals surface area contributed by atoms with Crippen molar-refractivity contribution in [2.75, 3.05) is 6.54 Å². The Morgan fingerprint density at radius 1 is 1.18 bits per heavy atom. The lowest BCUT2D eigenvalue weighted by Gasteiger charge is -2.11. The van der Waals surface area contributed by atoms with E-state index in [4.69, 9.17) is 0 Å². The standard InChI is InChI=1S/C18H23NO2S/c1-13(2)15-6-3-14(4-7-15)5-8-18(21)19-11-17(20)16-9-10-22-12-16/h3-4,6-7,9-10,12-13,17,20H,5,8,11H2,1-2H3,(H,19,21). The third-order valence-electron chi connectivity index (χ3n) is 3.71. The Morgan fingerprint density at radius 2 is 1.91 bits per heavy atom. The largest absolute Gasteiger partial charge is 0.387 e. The minimum absolute atomic E-state index is 0.0257. The number of amides is 1. The molecule has 0 aliphatic rings. The third-order valence-corrected chi connectivity index (χ3v) is 4.41. The van der Waals surface area contributed by atoms with Gasteiger partial charge in [-0.1, -0.05) is 38.1 Å². The molecule has 1 heterocycles.